The average molecular weight is 208 g/mol. The van der Waals surface area contributed by atoms with Crippen molar-refractivity contribution in [2.45, 2.75) is 39.7 Å². The van der Waals surface area contributed by atoms with Crippen molar-refractivity contribution in [3.63, 3.8) is 0 Å². The van der Waals surface area contributed by atoms with Crippen molar-refractivity contribution in [1.82, 2.24) is 0 Å². The molecule has 1 saturated carbocycles. The molecule has 1 rings (SSSR count). The Kier molecular flexibility index (Phi) is 3.77. The molecule has 0 saturated heterocycles. The van der Waals surface area contributed by atoms with Crippen molar-refractivity contribution in [2.24, 2.45) is 23.2 Å². The van der Waals surface area contributed by atoms with Crippen molar-refractivity contribution in [3.8, 4) is 0 Å². The van der Waals surface area contributed by atoms with Crippen LogP contribution in [0.5, 0.6) is 0 Å². The van der Waals surface area contributed by atoms with Crippen LogP contribution in [0, 0.1) is 23.2 Å². The Labute approximate surface area is 93.9 Å². The minimum Gasteiger partial charge on any atom is -0.389 e. The van der Waals surface area contributed by atoms with Crippen LogP contribution in [0.1, 0.15) is 33.6 Å². The van der Waals surface area contributed by atoms with Gasteiger partial charge in [-0.25, -0.2) is 0 Å². The predicted molar refractivity (Wildman–Crippen MR) is 65.6 cm³/mol. The summed E-state index contributed by atoms with van der Waals surface area (Å²) in [6, 6.07) is 0. The Balaban J connectivity index is 2.97. The fraction of sp³-hybridized carbons (Fsp3) is 0.714. The van der Waals surface area contributed by atoms with Crippen molar-refractivity contribution >= 4 is 0 Å². The zero-order chi connectivity index (χ0) is 11.6. The minimum atomic E-state index is -0.407. The Morgan fingerprint density at radius 2 is 2.00 bits per heavy atom. The molecule has 5 atom stereocenters. The molecular weight excluding hydrogens is 184 g/mol. The molecule has 0 heterocycles. The van der Waals surface area contributed by atoms with Gasteiger partial charge in [0, 0.05) is 0 Å². The van der Waals surface area contributed by atoms with E-state index >= 15 is 0 Å². The van der Waals surface area contributed by atoms with Crippen LogP contribution in [0.2, 0.25) is 0 Å². The molecule has 0 unspecified atom stereocenters. The van der Waals surface area contributed by atoms with Crippen LogP contribution in [0.4, 0.5) is 0 Å². The van der Waals surface area contributed by atoms with E-state index in [0.29, 0.717) is 5.92 Å². The highest BCUT2D eigenvalue weighted by Crippen LogP contribution is 2.49. The van der Waals surface area contributed by atoms with Gasteiger partial charge in [-0.05, 0) is 36.0 Å². The van der Waals surface area contributed by atoms with Crippen LogP contribution in [-0.2, 0) is 0 Å². The molecule has 15 heavy (non-hydrogen) atoms. The summed E-state index contributed by atoms with van der Waals surface area (Å²) in [5, 5.41) is 10.0. The van der Waals surface area contributed by atoms with Gasteiger partial charge in [-0.2, -0.15) is 0 Å². The number of rotatable bonds is 3. The largest absolute Gasteiger partial charge is 0.389 e. The first-order chi connectivity index (χ1) is 6.94. The molecule has 1 aliphatic rings. The lowest BCUT2D eigenvalue weighted by molar-refractivity contribution is -0.00535. The summed E-state index contributed by atoms with van der Waals surface area (Å²) in [6.07, 6.45) is 5.60. The van der Waals surface area contributed by atoms with Gasteiger partial charge in [-0.3, -0.25) is 0 Å². The fourth-order valence-corrected chi connectivity index (χ4v) is 3.49. The summed E-state index contributed by atoms with van der Waals surface area (Å²) in [4.78, 5) is 0. The van der Waals surface area contributed by atoms with Gasteiger partial charge < -0.3 is 5.11 Å². The van der Waals surface area contributed by atoms with E-state index in [1.165, 1.54) is 6.42 Å². The molecule has 0 aromatic heterocycles. The first-order valence-electron chi connectivity index (χ1n) is 5.89. The average Bonchev–Trinajstić information content (AvgIpc) is 2.16. The normalized spacial score (nSPS) is 43.3. The van der Waals surface area contributed by atoms with Gasteiger partial charge in [0.25, 0.3) is 0 Å². The van der Waals surface area contributed by atoms with Gasteiger partial charge in [-0.15, -0.1) is 13.2 Å². The first-order valence-corrected chi connectivity index (χ1v) is 5.89. The Morgan fingerprint density at radius 1 is 1.40 bits per heavy atom. The SMILES string of the molecule is C=C[C@@H](O)[C@@H]1[C@@H](C)C[C@@H](C)C[C@@]1(C)C=C. The topological polar surface area (TPSA) is 20.2 Å². The summed E-state index contributed by atoms with van der Waals surface area (Å²) in [5.74, 6) is 1.52. The lowest BCUT2D eigenvalue weighted by Gasteiger charge is -2.47. The van der Waals surface area contributed by atoms with Gasteiger partial charge >= 0.3 is 0 Å². The van der Waals surface area contributed by atoms with E-state index in [1.54, 1.807) is 6.08 Å². The Bertz CT molecular complexity index is 246. The van der Waals surface area contributed by atoms with E-state index in [4.69, 9.17) is 0 Å². The number of hydrogen-bond donors (Lipinski definition) is 1. The minimum absolute atomic E-state index is 0.0463. The van der Waals surface area contributed by atoms with Gasteiger partial charge in [0.1, 0.15) is 0 Å². The smallest absolute Gasteiger partial charge is 0.0757 e. The van der Waals surface area contributed by atoms with E-state index in [1.807, 2.05) is 6.08 Å². The fourth-order valence-electron chi connectivity index (χ4n) is 3.49. The van der Waals surface area contributed by atoms with Crippen molar-refractivity contribution in [1.29, 1.82) is 0 Å². The second-order valence-electron chi connectivity index (χ2n) is 5.48. The number of aliphatic hydroxyl groups excluding tert-OH is 1. The van der Waals surface area contributed by atoms with Crippen LogP contribution < -0.4 is 0 Å². The molecule has 0 spiro atoms. The Hall–Kier alpha value is -0.560. The molecule has 0 amide bonds. The van der Waals surface area contributed by atoms with E-state index in [-0.39, 0.29) is 11.3 Å². The van der Waals surface area contributed by atoms with Gasteiger partial charge in [0.2, 0.25) is 0 Å². The van der Waals surface area contributed by atoms with Gasteiger partial charge in [-0.1, -0.05) is 32.9 Å². The maximum absolute atomic E-state index is 10.0. The molecule has 0 aromatic carbocycles. The van der Waals surface area contributed by atoms with Gasteiger partial charge in [0.15, 0.2) is 0 Å². The number of hydrogen-bond acceptors (Lipinski definition) is 1. The molecule has 0 bridgehead atoms. The molecule has 1 aliphatic carbocycles. The second-order valence-corrected chi connectivity index (χ2v) is 5.48. The van der Waals surface area contributed by atoms with Crippen molar-refractivity contribution in [3.05, 3.63) is 25.3 Å². The van der Waals surface area contributed by atoms with E-state index in [0.717, 1.165) is 12.3 Å². The molecule has 0 aromatic rings. The van der Waals surface area contributed by atoms with Crippen LogP contribution in [0.15, 0.2) is 25.3 Å². The summed E-state index contributed by atoms with van der Waals surface area (Å²) >= 11 is 0. The summed E-state index contributed by atoms with van der Waals surface area (Å²) in [7, 11) is 0. The zero-order valence-electron chi connectivity index (χ0n) is 10.2. The maximum Gasteiger partial charge on any atom is 0.0757 e. The number of aliphatic hydroxyl groups is 1. The molecule has 1 heteroatoms. The zero-order valence-corrected chi connectivity index (χ0v) is 10.2. The third-order valence-electron chi connectivity index (χ3n) is 4.01. The van der Waals surface area contributed by atoms with Crippen molar-refractivity contribution < 1.29 is 5.11 Å². The van der Waals surface area contributed by atoms with E-state index < -0.39 is 6.10 Å². The van der Waals surface area contributed by atoms with E-state index in [9.17, 15) is 5.11 Å². The lowest BCUT2D eigenvalue weighted by atomic mass is 9.58. The molecule has 0 aliphatic heterocycles. The molecular formula is C14H24O. The second kappa shape index (κ2) is 4.52. The highest BCUT2D eigenvalue weighted by Gasteiger charge is 2.43. The highest BCUT2D eigenvalue weighted by molar-refractivity contribution is 5.06. The monoisotopic (exact) mass is 208 g/mol. The third kappa shape index (κ3) is 2.34. The lowest BCUT2D eigenvalue weighted by Crippen LogP contribution is -2.43. The predicted octanol–water partition coefficient (Wildman–Crippen LogP) is 3.41. The summed E-state index contributed by atoms with van der Waals surface area (Å²) in [5.41, 5.74) is 0.0463. The van der Waals surface area contributed by atoms with Crippen LogP contribution in [0.3, 0.4) is 0 Å². The molecule has 1 N–H and O–H groups in total. The highest BCUT2D eigenvalue weighted by atomic mass is 16.3. The summed E-state index contributed by atoms with van der Waals surface area (Å²) < 4.78 is 0. The van der Waals surface area contributed by atoms with Gasteiger partial charge in [0.05, 0.1) is 6.10 Å². The third-order valence-corrected chi connectivity index (χ3v) is 4.01. The van der Waals surface area contributed by atoms with E-state index in [2.05, 4.69) is 33.9 Å². The Morgan fingerprint density at radius 3 is 2.47 bits per heavy atom. The molecule has 1 fully saturated rings. The molecule has 0 radical (unpaired) electrons. The van der Waals surface area contributed by atoms with Crippen LogP contribution in [0.25, 0.3) is 0 Å². The van der Waals surface area contributed by atoms with Crippen LogP contribution >= 0.6 is 0 Å². The first kappa shape index (κ1) is 12.5. The standard InChI is InChI=1S/C14H24O/c1-6-12(15)13-11(4)8-10(3)9-14(13,5)7-2/h6-7,10-13,15H,1-2,8-9H2,3-5H3/t10-,11+,12-,13+,14-/m1/s1. The quantitative estimate of drug-likeness (QED) is 0.705. The summed E-state index contributed by atoms with van der Waals surface area (Å²) in [6.45, 7) is 14.4. The molecule has 86 valence electrons. The van der Waals surface area contributed by atoms with Crippen LogP contribution in [-0.4, -0.2) is 11.2 Å². The maximum atomic E-state index is 10.0. The molecule has 1 nitrogen and oxygen atoms in total. The van der Waals surface area contributed by atoms with Crippen molar-refractivity contribution in [2.75, 3.05) is 0 Å². The number of allylic oxidation sites excluding steroid dienone is 1.